The Morgan fingerprint density at radius 1 is 1.47 bits per heavy atom. The second-order valence-electron chi connectivity index (χ2n) is 3.43. The molecule has 0 aliphatic heterocycles. The number of halogens is 1. The molecule has 88 valence electrons. The molecule has 2 rings (SSSR count). The first-order valence-electron chi connectivity index (χ1n) is 5.01. The molecule has 0 spiro atoms. The van der Waals surface area contributed by atoms with Crippen molar-refractivity contribution in [3.8, 4) is 5.75 Å². The fourth-order valence-corrected chi connectivity index (χ4v) is 2.10. The van der Waals surface area contributed by atoms with Gasteiger partial charge in [-0.05, 0) is 18.2 Å². The molecule has 0 amide bonds. The lowest BCUT2D eigenvalue weighted by atomic mass is 10.3. The number of rotatable bonds is 5. The molecule has 0 N–H and O–H groups in total. The van der Waals surface area contributed by atoms with Crippen molar-refractivity contribution in [1.82, 2.24) is 4.98 Å². The molecule has 0 aliphatic carbocycles. The number of Topliss-reactive ketones (excluding diaryl/α,β-unsaturated/α-hetero) is 1. The standard InChI is InChI=1S/C12H10ClNO2S/c13-9-2-1-3-11(4-9)16-7-10(15)5-12-6-14-8-17-12/h1-4,6,8H,5,7H2. The molecule has 1 aromatic heterocycles. The average Bonchev–Trinajstić information content (AvgIpc) is 2.79. The average molecular weight is 268 g/mol. The Balaban J connectivity index is 1.84. The summed E-state index contributed by atoms with van der Waals surface area (Å²) >= 11 is 7.27. The summed E-state index contributed by atoms with van der Waals surface area (Å²) in [4.78, 5) is 16.5. The smallest absolute Gasteiger partial charge is 0.175 e. The van der Waals surface area contributed by atoms with Crippen LogP contribution in [0.1, 0.15) is 4.88 Å². The number of thiazole rings is 1. The largest absolute Gasteiger partial charge is 0.486 e. The van der Waals surface area contributed by atoms with Gasteiger partial charge in [0.1, 0.15) is 12.4 Å². The van der Waals surface area contributed by atoms with E-state index < -0.39 is 0 Å². The van der Waals surface area contributed by atoms with Gasteiger partial charge in [-0.2, -0.15) is 0 Å². The summed E-state index contributed by atoms with van der Waals surface area (Å²) in [6.07, 6.45) is 2.06. The Labute approximate surface area is 108 Å². The van der Waals surface area contributed by atoms with Crippen LogP contribution in [0.25, 0.3) is 0 Å². The van der Waals surface area contributed by atoms with E-state index in [-0.39, 0.29) is 12.4 Å². The number of carbonyl (C=O) groups is 1. The van der Waals surface area contributed by atoms with E-state index in [1.54, 1.807) is 36.0 Å². The van der Waals surface area contributed by atoms with Crippen LogP contribution in [0, 0.1) is 0 Å². The van der Waals surface area contributed by atoms with Crippen LogP contribution in [0.3, 0.4) is 0 Å². The Morgan fingerprint density at radius 3 is 3.06 bits per heavy atom. The van der Waals surface area contributed by atoms with E-state index >= 15 is 0 Å². The Hall–Kier alpha value is -1.39. The van der Waals surface area contributed by atoms with Crippen molar-refractivity contribution in [2.24, 2.45) is 0 Å². The van der Waals surface area contributed by atoms with E-state index in [2.05, 4.69) is 4.98 Å². The topological polar surface area (TPSA) is 39.2 Å². The number of ketones is 1. The summed E-state index contributed by atoms with van der Waals surface area (Å²) in [5, 5.41) is 0.595. The van der Waals surface area contributed by atoms with Crippen LogP contribution in [-0.4, -0.2) is 17.4 Å². The zero-order valence-corrected chi connectivity index (χ0v) is 10.5. The number of hydrogen-bond acceptors (Lipinski definition) is 4. The van der Waals surface area contributed by atoms with E-state index in [1.807, 2.05) is 0 Å². The zero-order valence-electron chi connectivity index (χ0n) is 8.93. The van der Waals surface area contributed by atoms with Gasteiger partial charge in [-0.15, -0.1) is 11.3 Å². The van der Waals surface area contributed by atoms with Crippen LogP contribution in [0.4, 0.5) is 0 Å². The van der Waals surface area contributed by atoms with E-state index in [0.717, 1.165) is 4.88 Å². The number of hydrogen-bond donors (Lipinski definition) is 0. The molecule has 1 heterocycles. The number of ether oxygens (including phenoxy) is 1. The molecule has 0 aliphatic rings. The Kier molecular flexibility index (Phi) is 4.12. The second kappa shape index (κ2) is 5.80. The molecule has 3 nitrogen and oxygen atoms in total. The SMILES string of the molecule is O=C(COc1cccc(Cl)c1)Cc1cncs1. The fraction of sp³-hybridized carbons (Fsp3) is 0.167. The van der Waals surface area contributed by atoms with Crippen molar-refractivity contribution < 1.29 is 9.53 Å². The third-order valence-corrected chi connectivity index (χ3v) is 3.07. The predicted molar refractivity (Wildman–Crippen MR) is 67.8 cm³/mol. The Bertz CT molecular complexity index is 499. The van der Waals surface area contributed by atoms with E-state index in [1.165, 1.54) is 11.3 Å². The van der Waals surface area contributed by atoms with E-state index in [9.17, 15) is 4.79 Å². The van der Waals surface area contributed by atoms with Crippen molar-refractivity contribution in [3.63, 3.8) is 0 Å². The van der Waals surface area contributed by atoms with Gasteiger partial charge in [0.2, 0.25) is 0 Å². The molecule has 0 fully saturated rings. The highest BCUT2D eigenvalue weighted by atomic mass is 35.5. The third-order valence-electron chi connectivity index (χ3n) is 2.05. The summed E-state index contributed by atoms with van der Waals surface area (Å²) in [7, 11) is 0. The Morgan fingerprint density at radius 2 is 2.35 bits per heavy atom. The van der Waals surface area contributed by atoms with Crippen LogP contribution < -0.4 is 4.74 Å². The second-order valence-corrected chi connectivity index (χ2v) is 4.84. The highest BCUT2D eigenvalue weighted by Crippen LogP contribution is 2.17. The molecule has 5 heteroatoms. The quantitative estimate of drug-likeness (QED) is 0.836. The van der Waals surface area contributed by atoms with Crippen molar-refractivity contribution in [2.75, 3.05) is 6.61 Å². The van der Waals surface area contributed by atoms with Crippen LogP contribution >= 0.6 is 22.9 Å². The zero-order chi connectivity index (χ0) is 12.1. The van der Waals surface area contributed by atoms with Crippen molar-refractivity contribution >= 4 is 28.7 Å². The summed E-state index contributed by atoms with van der Waals surface area (Å²) < 4.78 is 5.35. The maximum absolute atomic E-state index is 11.6. The van der Waals surface area contributed by atoms with Gasteiger partial charge in [-0.1, -0.05) is 17.7 Å². The van der Waals surface area contributed by atoms with Crippen LogP contribution in [0.5, 0.6) is 5.75 Å². The molecular formula is C12H10ClNO2S. The molecule has 0 bridgehead atoms. The van der Waals surface area contributed by atoms with Gasteiger partial charge in [0.15, 0.2) is 5.78 Å². The first kappa shape index (κ1) is 12.1. The minimum atomic E-state index is 0.0224. The van der Waals surface area contributed by atoms with Gasteiger partial charge in [0.25, 0.3) is 0 Å². The number of aromatic nitrogens is 1. The van der Waals surface area contributed by atoms with Crippen LogP contribution in [0.2, 0.25) is 5.02 Å². The molecule has 0 radical (unpaired) electrons. The number of nitrogens with zero attached hydrogens (tertiary/aromatic N) is 1. The third kappa shape index (κ3) is 3.84. The summed E-state index contributed by atoms with van der Waals surface area (Å²) in [5.41, 5.74) is 1.71. The molecule has 0 saturated heterocycles. The lowest BCUT2D eigenvalue weighted by Gasteiger charge is -2.04. The fourth-order valence-electron chi connectivity index (χ4n) is 1.30. The highest BCUT2D eigenvalue weighted by molar-refractivity contribution is 7.09. The number of benzene rings is 1. The van der Waals surface area contributed by atoms with Gasteiger partial charge in [0, 0.05) is 22.5 Å². The summed E-state index contributed by atoms with van der Waals surface area (Å²) in [5.74, 6) is 0.629. The molecule has 0 unspecified atom stereocenters. The van der Waals surface area contributed by atoms with Crippen molar-refractivity contribution in [2.45, 2.75) is 6.42 Å². The molecule has 17 heavy (non-hydrogen) atoms. The first-order valence-corrected chi connectivity index (χ1v) is 6.27. The molecule has 2 aromatic rings. The minimum Gasteiger partial charge on any atom is -0.486 e. The number of carbonyl (C=O) groups excluding carboxylic acids is 1. The van der Waals surface area contributed by atoms with Gasteiger partial charge >= 0.3 is 0 Å². The van der Waals surface area contributed by atoms with Crippen LogP contribution in [0.15, 0.2) is 36.0 Å². The van der Waals surface area contributed by atoms with E-state index in [4.69, 9.17) is 16.3 Å². The minimum absolute atomic E-state index is 0.0224. The van der Waals surface area contributed by atoms with Crippen molar-refractivity contribution in [1.29, 1.82) is 0 Å². The van der Waals surface area contributed by atoms with Crippen molar-refractivity contribution in [3.05, 3.63) is 45.9 Å². The highest BCUT2D eigenvalue weighted by Gasteiger charge is 2.06. The lowest BCUT2D eigenvalue weighted by molar-refractivity contribution is -0.120. The summed E-state index contributed by atoms with van der Waals surface area (Å²) in [6.45, 7) is 0.0538. The van der Waals surface area contributed by atoms with Gasteiger partial charge in [-0.25, -0.2) is 0 Å². The summed E-state index contributed by atoms with van der Waals surface area (Å²) in [6, 6.07) is 6.99. The van der Waals surface area contributed by atoms with Crippen LogP contribution in [-0.2, 0) is 11.2 Å². The normalized spacial score (nSPS) is 10.2. The molecule has 0 saturated carbocycles. The maximum atomic E-state index is 11.6. The lowest BCUT2D eigenvalue weighted by Crippen LogP contribution is -2.13. The monoisotopic (exact) mass is 267 g/mol. The van der Waals surface area contributed by atoms with Gasteiger partial charge < -0.3 is 4.74 Å². The van der Waals surface area contributed by atoms with Gasteiger partial charge in [0.05, 0.1) is 5.51 Å². The molecule has 1 aromatic carbocycles. The molecular weight excluding hydrogens is 258 g/mol. The van der Waals surface area contributed by atoms with E-state index in [0.29, 0.717) is 17.2 Å². The molecule has 0 atom stereocenters. The van der Waals surface area contributed by atoms with Gasteiger partial charge in [-0.3, -0.25) is 9.78 Å². The maximum Gasteiger partial charge on any atom is 0.175 e. The predicted octanol–water partition coefficient (Wildman–Crippen LogP) is 2.99. The first-order chi connectivity index (χ1) is 8.24.